The van der Waals surface area contributed by atoms with Crippen molar-refractivity contribution in [3.05, 3.63) is 74.8 Å². The summed E-state index contributed by atoms with van der Waals surface area (Å²) in [5.41, 5.74) is 12.5. The van der Waals surface area contributed by atoms with E-state index in [0.717, 1.165) is 11.3 Å². The third-order valence-electron chi connectivity index (χ3n) is 4.19. The van der Waals surface area contributed by atoms with Gasteiger partial charge in [-0.3, -0.25) is 11.6 Å². The summed E-state index contributed by atoms with van der Waals surface area (Å²) in [7, 11) is -4.33. The number of anilines is 1. The number of aromatic nitrogens is 1. The molecule has 0 aliphatic heterocycles. The van der Waals surface area contributed by atoms with Crippen LogP contribution in [0.5, 0.6) is 0 Å². The predicted molar refractivity (Wildman–Crippen MR) is 123 cm³/mol. The number of nitrogens with two attached hydrogens (primary N) is 2. The van der Waals surface area contributed by atoms with Crippen LogP contribution in [-0.2, 0) is 10.1 Å². The van der Waals surface area contributed by atoms with Crippen LogP contribution < -0.4 is 16.3 Å². The van der Waals surface area contributed by atoms with Gasteiger partial charge in [-0.25, -0.2) is 8.42 Å². The van der Waals surface area contributed by atoms with Gasteiger partial charge in [0.1, 0.15) is 15.8 Å². The molecule has 164 valence electrons. The van der Waals surface area contributed by atoms with Crippen molar-refractivity contribution in [2.75, 3.05) is 11.6 Å². The third-order valence-corrected chi connectivity index (χ3v) is 6.23. The molecule has 1 aromatic heterocycles. The van der Waals surface area contributed by atoms with Gasteiger partial charge in [0.25, 0.3) is 0 Å². The van der Waals surface area contributed by atoms with E-state index >= 15 is 0 Å². The van der Waals surface area contributed by atoms with E-state index < -0.39 is 10.1 Å². The number of nitrogens with zero attached hydrogens (tertiary/aromatic N) is 1. The lowest BCUT2D eigenvalue weighted by Gasteiger charge is -2.14. The van der Waals surface area contributed by atoms with E-state index in [2.05, 4.69) is 39.0 Å². The van der Waals surface area contributed by atoms with Gasteiger partial charge in [0, 0.05) is 12.3 Å². The molecule has 0 saturated carbocycles. The zero-order valence-corrected chi connectivity index (χ0v) is 20.2. The molecule has 0 unspecified atom stereocenters. The Labute approximate surface area is 183 Å². The second-order valence-electron chi connectivity index (χ2n) is 7.43. The van der Waals surface area contributed by atoms with Gasteiger partial charge in [0.15, 0.2) is 0 Å². The fourth-order valence-electron chi connectivity index (χ4n) is 3.20. The second-order valence-corrected chi connectivity index (χ2v) is 9.64. The molecule has 8 heteroatoms. The van der Waals surface area contributed by atoms with E-state index in [1.165, 1.54) is 32.7 Å². The average molecular weight is 450 g/mol. The van der Waals surface area contributed by atoms with Crippen LogP contribution in [0.4, 0.5) is 5.13 Å². The van der Waals surface area contributed by atoms with Crippen LogP contribution >= 0.6 is 11.3 Å². The summed E-state index contributed by atoms with van der Waals surface area (Å²) in [6.07, 6.45) is 0. The number of hydrogen-bond donors (Lipinski definition) is 2. The van der Waals surface area contributed by atoms with Crippen molar-refractivity contribution in [1.29, 1.82) is 0 Å². The fourth-order valence-corrected chi connectivity index (χ4v) is 4.77. The van der Waals surface area contributed by atoms with Gasteiger partial charge in [-0.2, -0.15) is 0 Å². The van der Waals surface area contributed by atoms with Gasteiger partial charge in [-0.05, 0) is 52.7 Å². The first-order valence-corrected chi connectivity index (χ1v) is 11.6. The Morgan fingerprint density at radius 3 is 1.40 bits per heavy atom. The summed E-state index contributed by atoms with van der Waals surface area (Å²) in [5, 5.41) is 2.55. The standard InChI is InChI=1S/C9H12O3S.C9H12.C4H7N3S/c1-6-4-7(2)9(8(3)5-6)13(10,11)12;1-7-4-8(2)6-9(3)5-7;1-3-2-8-4(5)7(3)6/h4-5H,1-3H3,(H,10,11,12);4-6H,1-3H3;2,5H,6H2,1H3. The van der Waals surface area contributed by atoms with E-state index in [9.17, 15) is 13.0 Å². The third kappa shape index (κ3) is 7.78. The SMILES string of the molecule is Cc1cc(C)c(S(=O)(=O)[O-])c(C)c1.Cc1cc(C)cc(C)c1.Cc1csc(N)[n+]1N. The molecular weight excluding hydrogens is 418 g/mol. The molecule has 6 nitrogen and oxygen atoms in total. The number of nitrogen functional groups attached to an aromatic ring is 2. The van der Waals surface area contributed by atoms with Crippen molar-refractivity contribution < 1.29 is 17.6 Å². The molecule has 0 aliphatic carbocycles. The maximum atomic E-state index is 10.8. The topological polar surface area (TPSA) is 113 Å². The Balaban J connectivity index is 0.000000234. The molecule has 0 atom stereocenters. The quantitative estimate of drug-likeness (QED) is 0.333. The van der Waals surface area contributed by atoms with Crippen molar-refractivity contribution in [2.24, 2.45) is 0 Å². The van der Waals surface area contributed by atoms with Crippen LogP contribution in [0.3, 0.4) is 0 Å². The zero-order valence-electron chi connectivity index (χ0n) is 18.6. The Morgan fingerprint density at radius 2 is 1.17 bits per heavy atom. The van der Waals surface area contributed by atoms with Gasteiger partial charge in [-0.1, -0.05) is 63.9 Å². The number of aryl methyl sites for hydroxylation is 7. The highest BCUT2D eigenvalue weighted by molar-refractivity contribution is 7.85. The van der Waals surface area contributed by atoms with Crippen LogP contribution in [0.2, 0.25) is 0 Å². The van der Waals surface area contributed by atoms with Gasteiger partial charge in [0.2, 0.25) is 0 Å². The van der Waals surface area contributed by atoms with Crippen molar-refractivity contribution in [2.45, 2.75) is 53.4 Å². The van der Waals surface area contributed by atoms with E-state index in [0.29, 0.717) is 16.3 Å². The highest BCUT2D eigenvalue weighted by Crippen LogP contribution is 2.20. The summed E-state index contributed by atoms with van der Waals surface area (Å²) in [4.78, 5) is -0.0851. The Kier molecular flexibility index (Phi) is 9.02. The van der Waals surface area contributed by atoms with Crippen LogP contribution in [-0.4, -0.2) is 13.0 Å². The lowest BCUT2D eigenvalue weighted by Crippen LogP contribution is -2.47. The Bertz CT molecular complexity index is 1030. The first-order valence-electron chi connectivity index (χ1n) is 9.31. The van der Waals surface area contributed by atoms with Crippen LogP contribution in [0.1, 0.15) is 39.1 Å². The molecule has 0 fully saturated rings. The van der Waals surface area contributed by atoms with Crippen LogP contribution in [0.25, 0.3) is 0 Å². The van der Waals surface area contributed by atoms with E-state index in [-0.39, 0.29) is 4.90 Å². The molecular formula is C22H31N3O3S2. The van der Waals surface area contributed by atoms with Crippen molar-refractivity contribution in [3.8, 4) is 0 Å². The van der Waals surface area contributed by atoms with Crippen molar-refractivity contribution in [3.63, 3.8) is 0 Å². The number of thiazole rings is 1. The molecule has 1 heterocycles. The second kappa shape index (κ2) is 10.6. The van der Waals surface area contributed by atoms with Crippen LogP contribution in [0.15, 0.2) is 40.6 Å². The molecule has 0 aliphatic rings. The van der Waals surface area contributed by atoms with Crippen molar-refractivity contribution >= 4 is 26.6 Å². The minimum Gasteiger partial charge on any atom is -0.744 e. The molecule has 0 spiro atoms. The van der Waals surface area contributed by atoms with Gasteiger partial charge < -0.3 is 4.55 Å². The van der Waals surface area contributed by atoms with E-state index in [1.54, 1.807) is 26.0 Å². The summed E-state index contributed by atoms with van der Waals surface area (Å²) in [5.74, 6) is 5.40. The normalized spacial score (nSPS) is 10.5. The summed E-state index contributed by atoms with van der Waals surface area (Å²) in [6.45, 7) is 13.4. The molecule has 4 N–H and O–H groups in total. The predicted octanol–water partition coefficient (Wildman–Crippen LogP) is 3.77. The summed E-state index contributed by atoms with van der Waals surface area (Å²) >= 11 is 1.45. The molecule has 0 bridgehead atoms. The van der Waals surface area contributed by atoms with Gasteiger partial charge in [0.05, 0.1) is 4.90 Å². The molecule has 2 aromatic carbocycles. The lowest BCUT2D eigenvalue weighted by molar-refractivity contribution is -0.625. The smallest absolute Gasteiger partial charge is 0.355 e. The molecule has 0 saturated heterocycles. The Morgan fingerprint density at radius 1 is 0.800 bits per heavy atom. The highest BCUT2D eigenvalue weighted by Gasteiger charge is 2.09. The monoisotopic (exact) mass is 449 g/mol. The highest BCUT2D eigenvalue weighted by atomic mass is 32.2. The van der Waals surface area contributed by atoms with Gasteiger partial charge in [-0.15, -0.1) is 4.68 Å². The van der Waals surface area contributed by atoms with E-state index in [4.69, 9.17) is 11.6 Å². The Hall–Kier alpha value is -2.42. The summed E-state index contributed by atoms with van der Waals surface area (Å²) < 4.78 is 34.0. The average Bonchev–Trinajstić information content (AvgIpc) is 2.83. The number of hydrogen-bond acceptors (Lipinski definition) is 6. The fraction of sp³-hybridized carbons (Fsp3) is 0.318. The maximum Gasteiger partial charge on any atom is 0.355 e. The van der Waals surface area contributed by atoms with Crippen molar-refractivity contribution in [1.82, 2.24) is 0 Å². The van der Waals surface area contributed by atoms with Crippen LogP contribution in [0, 0.1) is 48.5 Å². The number of benzene rings is 2. The first-order chi connectivity index (χ1) is 13.7. The summed E-state index contributed by atoms with van der Waals surface area (Å²) in [6, 6.07) is 9.95. The molecule has 0 amide bonds. The minimum atomic E-state index is -4.33. The molecule has 3 aromatic rings. The largest absolute Gasteiger partial charge is 0.744 e. The lowest BCUT2D eigenvalue weighted by atomic mass is 10.1. The van der Waals surface area contributed by atoms with Gasteiger partial charge >= 0.3 is 5.13 Å². The number of rotatable bonds is 1. The molecule has 30 heavy (non-hydrogen) atoms. The molecule has 3 rings (SSSR count). The maximum absolute atomic E-state index is 10.8. The zero-order chi connectivity index (χ0) is 23.2. The van der Waals surface area contributed by atoms with E-state index in [1.807, 2.05) is 19.2 Å². The minimum absolute atomic E-state index is 0.0851. The molecule has 0 radical (unpaired) electrons. The first kappa shape index (κ1) is 25.6.